The molecule has 0 aliphatic carbocycles. The van der Waals surface area contributed by atoms with Crippen molar-refractivity contribution in [3.05, 3.63) is 40.9 Å². The van der Waals surface area contributed by atoms with Gasteiger partial charge in [0.15, 0.2) is 11.4 Å². The van der Waals surface area contributed by atoms with Crippen molar-refractivity contribution >= 4 is 39.3 Å². The SMILES string of the molecule is CCOC(=O)N1C[C@@H]2COc3c(cn(C)c3C(=O)Nc3ccc(F)c(Cl)c3)S(=O)(=O)N[C@@H]2C1. The summed E-state index contributed by atoms with van der Waals surface area (Å²) >= 11 is 5.77. The van der Waals surface area contributed by atoms with Crippen molar-refractivity contribution < 1.29 is 31.9 Å². The summed E-state index contributed by atoms with van der Waals surface area (Å²) in [7, 11) is -2.55. The Hall–Kier alpha value is -2.83. The number of anilines is 1. The number of carbonyl (C=O) groups is 2. The van der Waals surface area contributed by atoms with E-state index in [9.17, 15) is 22.4 Å². The van der Waals surface area contributed by atoms with Crippen molar-refractivity contribution in [1.82, 2.24) is 14.2 Å². The first-order chi connectivity index (χ1) is 15.6. The number of hydrogen-bond acceptors (Lipinski definition) is 6. The van der Waals surface area contributed by atoms with E-state index in [-0.39, 0.29) is 59.3 Å². The molecular formula is C20H22ClFN4O6S. The number of amides is 2. The van der Waals surface area contributed by atoms with Crippen molar-refractivity contribution in [2.45, 2.75) is 17.9 Å². The van der Waals surface area contributed by atoms with E-state index < -0.39 is 33.9 Å². The highest BCUT2D eigenvalue weighted by molar-refractivity contribution is 7.89. The standard InChI is InChI=1S/C20H22ClFN4O6S/c1-3-31-20(28)26-7-11-10-32-18-16(33(29,30)24-15(11)8-26)9-25(2)17(18)19(27)23-12-4-5-14(22)13(21)6-12/h4-6,9,11,15,24H,3,7-8,10H2,1-2H3,(H,23,27)/t11-,15-/m1/s1. The molecule has 1 aromatic heterocycles. The number of aryl methyl sites for hydroxylation is 1. The lowest BCUT2D eigenvalue weighted by Gasteiger charge is -2.23. The molecule has 2 N–H and O–H groups in total. The van der Waals surface area contributed by atoms with Crippen LogP contribution in [0, 0.1) is 11.7 Å². The average Bonchev–Trinajstić information content (AvgIpc) is 3.29. The lowest BCUT2D eigenvalue weighted by Crippen LogP contribution is -2.43. The predicted molar refractivity (Wildman–Crippen MR) is 116 cm³/mol. The van der Waals surface area contributed by atoms with Crippen molar-refractivity contribution in [1.29, 1.82) is 0 Å². The van der Waals surface area contributed by atoms with Crippen LogP contribution < -0.4 is 14.8 Å². The Kier molecular flexibility index (Phi) is 6.25. The van der Waals surface area contributed by atoms with Gasteiger partial charge in [-0.1, -0.05) is 11.6 Å². The van der Waals surface area contributed by atoms with Crippen LogP contribution >= 0.6 is 11.6 Å². The average molecular weight is 501 g/mol. The second-order valence-electron chi connectivity index (χ2n) is 7.77. The zero-order chi connectivity index (χ0) is 23.9. The molecule has 2 atom stereocenters. The molecular weight excluding hydrogens is 479 g/mol. The smallest absolute Gasteiger partial charge is 0.409 e. The van der Waals surface area contributed by atoms with Gasteiger partial charge in [-0.25, -0.2) is 22.3 Å². The molecule has 13 heteroatoms. The first-order valence-electron chi connectivity index (χ1n) is 10.1. The van der Waals surface area contributed by atoms with Crippen LogP contribution in [0.2, 0.25) is 5.02 Å². The minimum absolute atomic E-state index is 0.0329. The molecule has 33 heavy (non-hydrogen) atoms. The van der Waals surface area contributed by atoms with E-state index >= 15 is 0 Å². The molecule has 10 nitrogen and oxygen atoms in total. The Morgan fingerprint density at radius 3 is 2.82 bits per heavy atom. The molecule has 0 spiro atoms. The highest BCUT2D eigenvalue weighted by Gasteiger charge is 2.42. The van der Waals surface area contributed by atoms with Gasteiger partial charge in [0.25, 0.3) is 5.91 Å². The minimum atomic E-state index is -4.06. The number of halogens is 2. The lowest BCUT2D eigenvalue weighted by molar-refractivity contribution is 0.101. The minimum Gasteiger partial charge on any atom is -0.489 e. The number of likely N-dealkylation sites (tertiary alicyclic amines) is 1. The second kappa shape index (κ2) is 8.84. The Labute approximate surface area is 194 Å². The molecule has 4 rings (SSSR count). The monoisotopic (exact) mass is 500 g/mol. The van der Waals surface area contributed by atoms with Crippen LogP contribution in [0.4, 0.5) is 14.9 Å². The topological polar surface area (TPSA) is 119 Å². The maximum Gasteiger partial charge on any atom is 0.409 e. The van der Waals surface area contributed by atoms with E-state index in [4.69, 9.17) is 21.1 Å². The number of nitrogens with one attached hydrogen (secondary N) is 2. The van der Waals surface area contributed by atoms with E-state index in [0.717, 1.165) is 6.07 Å². The van der Waals surface area contributed by atoms with Crippen LogP contribution in [0.15, 0.2) is 29.3 Å². The van der Waals surface area contributed by atoms with Gasteiger partial charge in [-0.05, 0) is 25.1 Å². The fourth-order valence-corrected chi connectivity index (χ4v) is 5.59. The van der Waals surface area contributed by atoms with E-state index in [1.165, 1.54) is 34.8 Å². The summed E-state index contributed by atoms with van der Waals surface area (Å²) in [5, 5.41) is 2.40. The van der Waals surface area contributed by atoms with Crippen LogP contribution in [0.5, 0.6) is 5.75 Å². The first-order valence-corrected chi connectivity index (χ1v) is 12.0. The number of benzene rings is 1. The van der Waals surface area contributed by atoms with E-state index in [1.807, 2.05) is 0 Å². The summed E-state index contributed by atoms with van der Waals surface area (Å²) in [4.78, 5) is 26.3. The van der Waals surface area contributed by atoms with Gasteiger partial charge in [-0.2, -0.15) is 0 Å². The highest BCUT2D eigenvalue weighted by atomic mass is 35.5. The number of nitrogens with zero attached hydrogens (tertiary/aromatic N) is 2. The maximum absolute atomic E-state index is 13.4. The number of hydrogen-bond donors (Lipinski definition) is 2. The van der Waals surface area contributed by atoms with Crippen LogP contribution in [0.3, 0.4) is 0 Å². The predicted octanol–water partition coefficient (Wildman–Crippen LogP) is 2.20. The summed E-state index contributed by atoms with van der Waals surface area (Å²) in [6.45, 7) is 2.35. The molecule has 0 bridgehead atoms. The Bertz CT molecular complexity index is 1220. The van der Waals surface area contributed by atoms with Gasteiger partial charge in [0.2, 0.25) is 10.0 Å². The number of carbonyl (C=O) groups excluding carboxylic acids is 2. The van der Waals surface area contributed by atoms with Gasteiger partial charge in [0, 0.05) is 44.0 Å². The van der Waals surface area contributed by atoms with Crippen LogP contribution in [-0.2, 0) is 21.8 Å². The molecule has 2 amide bonds. The summed E-state index contributed by atoms with van der Waals surface area (Å²) < 4.78 is 54.4. The highest BCUT2D eigenvalue weighted by Crippen LogP contribution is 2.35. The third kappa shape index (κ3) is 4.50. The van der Waals surface area contributed by atoms with Gasteiger partial charge in [0.05, 0.1) is 18.2 Å². The Balaban J connectivity index is 1.62. The zero-order valence-electron chi connectivity index (χ0n) is 17.8. The number of sulfonamides is 1. The quantitative estimate of drug-likeness (QED) is 0.667. The number of rotatable bonds is 3. The molecule has 2 aromatic rings. The largest absolute Gasteiger partial charge is 0.489 e. The van der Waals surface area contributed by atoms with Gasteiger partial charge in [-0.3, -0.25) is 4.79 Å². The number of ether oxygens (including phenoxy) is 2. The Morgan fingerprint density at radius 1 is 1.36 bits per heavy atom. The van der Waals surface area contributed by atoms with Crippen molar-refractivity contribution in [3.8, 4) is 5.75 Å². The third-order valence-electron chi connectivity index (χ3n) is 5.50. The van der Waals surface area contributed by atoms with Crippen molar-refractivity contribution in [3.63, 3.8) is 0 Å². The molecule has 3 heterocycles. The zero-order valence-corrected chi connectivity index (χ0v) is 19.4. The van der Waals surface area contributed by atoms with Crippen LogP contribution in [0.25, 0.3) is 0 Å². The van der Waals surface area contributed by atoms with Crippen LogP contribution in [-0.4, -0.2) is 62.2 Å². The van der Waals surface area contributed by atoms with E-state index in [1.54, 1.807) is 6.92 Å². The van der Waals surface area contributed by atoms with E-state index in [2.05, 4.69) is 10.0 Å². The fraction of sp³-hybridized carbons (Fsp3) is 0.400. The summed E-state index contributed by atoms with van der Waals surface area (Å²) in [6.07, 6.45) is 0.752. The van der Waals surface area contributed by atoms with Gasteiger partial charge < -0.3 is 24.3 Å². The molecule has 1 saturated heterocycles. The van der Waals surface area contributed by atoms with Crippen molar-refractivity contribution in [2.24, 2.45) is 13.0 Å². The molecule has 2 aliphatic heterocycles. The first kappa shape index (κ1) is 23.3. The number of aromatic nitrogens is 1. The molecule has 1 aromatic carbocycles. The van der Waals surface area contributed by atoms with E-state index in [0.29, 0.717) is 0 Å². The van der Waals surface area contributed by atoms with Crippen LogP contribution in [0.1, 0.15) is 17.4 Å². The van der Waals surface area contributed by atoms with Gasteiger partial charge >= 0.3 is 6.09 Å². The molecule has 0 radical (unpaired) electrons. The summed E-state index contributed by atoms with van der Waals surface area (Å²) in [6, 6.07) is 3.12. The lowest BCUT2D eigenvalue weighted by atomic mass is 10.1. The third-order valence-corrected chi connectivity index (χ3v) is 7.27. The normalized spacial score (nSPS) is 21.3. The molecule has 0 saturated carbocycles. The molecule has 0 unspecified atom stereocenters. The van der Waals surface area contributed by atoms with Crippen molar-refractivity contribution in [2.75, 3.05) is 31.6 Å². The fourth-order valence-electron chi connectivity index (χ4n) is 3.92. The molecule has 178 valence electrons. The maximum atomic E-state index is 13.4. The Morgan fingerprint density at radius 2 is 2.12 bits per heavy atom. The molecule has 1 fully saturated rings. The second-order valence-corrected chi connectivity index (χ2v) is 9.86. The molecule has 2 aliphatic rings. The summed E-state index contributed by atoms with van der Waals surface area (Å²) in [5.74, 6) is -1.75. The number of fused-ring (bicyclic) bond motifs is 2. The summed E-state index contributed by atoms with van der Waals surface area (Å²) in [5.41, 5.74) is 0.198. The van der Waals surface area contributed by atoms with Gasteiger partial charge in [-0.15, -0.1) is 0 Å². The van der Waals surface area contributed by atoms with Gasteiger partial charge in [0.1, 0.15) is 10.7 Å².